The van der Waals surface area contributed by atoms with Crippen LogP contribution in [0.15, 0.2) is 0 Å². The molecule has 1 aliphatic heterocycles. The maximum atomic E-state index is 10.4. The Morgan fingerprint density at radius 1 is 1.75 bits per heavy atom. The van der Waals surface area contributed by atoms with E-state index in [0.717, 1.165) is 6.42 Å². The smallest absolute Gasteiger partial charge is 0.306 e. The molecule has 0 spiro atoms. The van der Waals surface area contributed by atoms with Crippen LogP contribution in [0.1, 0.15) is 19.8 Å². The SMILES string of the molecule is CC1CCOC(CC(=O)O)CN1. The van der Waals surface area contributed by atoms with Crippen molar-refractivity contribution in [1.29, 1.82) is 0 Å². The van der Waals surface area contributed by atoms with Gasteiger partial charge in [0.1, 0.15) is 0 Å². The van der Waals surface area contributed by atoms with Crippen LogP contribution in [0.3, 0.4) is 0 Å². The Hall–Kier alpha value is -0.610. The predicted octanol–water partition coefficient (Wildman–Crippen LogP) is 0.228. The van der Waals surface area contributed by atoms with E-state index >= 15 is 0 Å². The van der Waals surface area contributed by atoms with Crippen LogP contribution >= 0.6 is 0 Å². The summed E-state index contributed by atoms with van der Waals surface area (Å²) in [5.74, 6) is -0.795. The van der Waals surface area contributed by atoms with Crippen LogP contribution in [-0.2, 0) is 9.53 Å². The molecule has 1 aliphatic rings. The Morgan fingerprint density at radius 3 is 3.17 bits per heavy atom. The average Bonchev–Trinajstić information content (AvgIpc) is 2.15. The topological polar surface area (TPSA) is 58.6 Å². The molecule has 70 valence electrons. The van der Waals surface area contributed by atoms with Gasteiger partial charge in [-0.1, -0.05) is 0 Å². The molecule has 0 aromatic carbocycles. The first-order chi connectivity index (χ1) is 5.68. The van der Waals surface area contributed by atoms with Gasteiger partial charge in [-0.05, 0) is 13.3 Å². The molecule has 0 aliphatic carbocycles. The Labute approximate surface area is 71.9 Å². The summed E-state index contributed by atoms with van der Waals surface area (Å²) in [6.45, 7) is 3.38. The first-order valence-electron chi connectivity index (χ1n) is 4.25. The lowest BCUT2D eigenvalue weighted by molar-refractivity contribution is -0.139. The van der Waals surface area contributed by atoms with Gasteiger partial charge in [0.2, 0.25) is 0 Å². The fourth-order valence-corrected chi connectivity index (χ4v) is 1.23. The molecule has 2 N–H and O–H groups in total. The summed E-state index contributed by atoms with van der Waals surface area (Å²) in [5.41, 5.74) is 0. The highest BCUT2D eigenvalue weighted by molar-refractivity contribution is 5.67. The maximum Gasteiger partial charge on any atom is 0.306 e. The highest BCUT2D eigenvalue weighted by atomic mass is 16.5. The molecule has 0 radical (unpaired) electrons. The van der Waals surface area contributed by atoms with Gasteiger partial charge in [-0.3, -0.25) is 4.79 Å². The van der Waals surface area contributed by atoms with Crippen molar-refractivity contribution in [3.63, 3.8) is 0 Å². The van der Waals surface area contributed by atoms with Gasteiger partial charge in [-0.25, -0.2) is 0 Å². The maximum absolute atomic E-state index is 10.4. The lowest BCUT2D eigenvalue weighted by Crippen LogP contribution is -2.32. The molecule has 4 nitrogen and oxygen atoms in total. The normalized spacial score (nSPS) is 31.1. The number of carboxylic acid groups (broad SMARTS) is 1. The van der Waals surface area contributed by atoms with Crippen LogP contribution in [0.2, 0.25) is 0 Å². The predicted molar refractivity (Wildman–Crippen MR) is 44.1 cm³/mol. The monoisotopic (exact) mass is 173 g/mol. The summed E-state index contributed by atoms with van der Waals surface area (Å²) in [4.78, 5) is 10.4. The largest absolute Gasteiger partial charge is 0.481 e. The highest BCUT2D eigenvalue weighted by Crippen LogP contribution is 2.05. The summed E-state index contributed by atoms with van der Waals surface area (Å²) in [5, 5.41) is 11.7. The molecule has 0 aromatic rings. The number of hydrogen-bond donors (Lipinski definition) is 2. The van der Waals surface area contributed by atoms with E-state index in [9.17, 15) is 4.79 Å². The standard InChI is InChI=1S/C8H15NO3/c1-6-2-3-12-7(5-9-6)4-8(10)11/h6-7,9H,2-5H2,1H3,(H,10,11). The van der Waals surface area contributed by atoms with Gasteiger partial charge in [0.05, 0.1) is 12.5 Å². The van der Waals surface area contributed by atoms with Crippen LogP contribution < -0.4 is 5.32 Å². The van der Waals surface area contributed by atoms with Gasteiger partial charge in [0, 0.05) is 19.2 Å². The van der Waals surface area contributed by atoms with Crippen molar-refractivity contribution < 1.29 is 14.6 Å². The summed E-state index contributed by atoms with van der Waals surface area (Å²) < 4.78 is 5.34. The van der Waals surface area contributed by atoms with Crippen LogP contribution in [-0.4, -0.2) is 36.4 Å². The minimum absolute atomic E-state index is 0.0969. The van der Waals surface area contributed by atoms with Crippen molar-refractivity contribution in [2.75, 3.05) is 13.2 Å². The quantitative estimate of drug-likeness (QED) is 0.627. The molecule has 0 saturated carbocycles. The summed E-state index contributed by atoms with van der Waals surface area (Å²) >= 11 is 0. The fourth-order valence-electron chi connectivity index (χ4n) is 1.23. The Bertz CT molecular complexity index is 160. The average molecular weight is 173 g/mol. The number of hydrogen-bond acceptors (Lipinski definition) is 3. The molecular formula is C8H15NO3. The second-order valence-electron chi connectivity index (χ2n) is 3.19. The first-order valence-corrected chi connectivity index (χ1v) is 4.25. The van der Waals surface area contributed by atoms with Crippen molar-refractivity contribution in [2.24, 2.45) is 0 Å². The molecule has 1 saturated heterocycles. The third-order valence-corrected chi connectivity index (χ3v) is 2.00. The van der Waals surface area contributed by atoms with E-state index in [1.54, 1.807) is 0 Å². The van der Waals surface area contributed by atoms with Gasteiger partial charge in [-0.15, -0.1) is 0 Å². The van der Waals surface area contributed by atoms with E-state index in [0.29, 0.717) is 19.2 Å². The molecule has 0 aromatic heterocycles. The molecule has 1 fully saturated rings. The van der Waals surface area contributed by atoms with Crippen molar-refractivity contribution in [2.45, 2.75) is 31.9 Å². The summed E-state index contributed by atoms with van der Waals surface area (Å²) in [6.07, 6.45) is 0.892. The third kappa shape index (κ3) is 3.19. The number of ether oxygens (including phenoxy) is 1. The number of carboxylic acids is 1. The molecule has 1 rings (SSSR count). The lowest BCUT2D eigenvalue weighted by Gasteiger charge is -2.12. The van der Waals surface area contributed by atoms with Crippen LogP contribution in [0.5, 0.6) is 0 Å². The van der Waals surface area contributed by atoms with E-state index in [-0.39, 0.29) is 12.5 Å². The van der Waals surface area contributed by atoms with Crippen molar-refractivity contribution in [3.8, 4) is 0 Å². The fraction of sp³-hybridized carbons (Fsp3) is 0.875. The molecule has 2 atom stereocenters. The zero-order valence-corrected chi connectivity index (χ0v) is 7.25. The second kappa shape index (κ2) is 4.42. The Morgan fingerprint density at radius 2 is 2.50 bits per heavy atom. The van der Waals surface area contributed by atoms with Crippen LogP contribution in [0.25, 0.3) is 0 Å². The number of aliphatic carboxylic acids is 1. The minimum Gasteiger partial charge on any atom is -0.481 e. The van der Waals surface area contributed by atoms with Crippen molar-refractivity contribution in [3.05, 3.63) is 0 Å². The number of nitrogens with one attached hydrogen (secondary N) is 1. The lowest BCUT2D eigenvalue weighted by atomic mass is 10.2. The molecule has 1 heterocycles. The van der Waals surface area contributed by atoms with E-state index in [1.165, 1.54) is 0 Å². The van der Waals surface area contributed by atoms with E-state index in [1.807, 2.05) is 0 Å². The summed E-state index contributed by atoms with van der Waals surface area (Å²) in [7, 11) is 0. The van der Waals surface area contributed by atoms with E-state index in [2.05, 4.69) is 12.2 Å². The molecule has 4 heteroatoms. The summed E-state index contributed by atoms with van der Waals surface area (Å²) in [6, 6.07) is 0.434. The molecule has 0 bridgehead atoms. The minimum atomic E-state index is -0.795. The van der Waals surface area contributed by atoms with E-state index < -0.39 is 5.97 Å². The van der Waals surface area contributed by atoms with Gasteiger partial charge in [0.25, 0.3) is 0 Å². The zero-order valence-electron chi connectivity index (χ0n) is 7.25. The van der Waals surface area contributed by atoms with Crippen molar-refractivity contribution >= 4 is 5.97 Å². The number of rotatable bonds is 2. The van der Waals surface area contributed by atoms with E-state index in [4.69, 9.17) is 9.84 Å². The molecule has 0 amide bonds. The molecular weight excluding hydrogens is 158 g/mol. The van der Waals surface area contributed by atoms with Gasteiger partial charge >= 0.3 is 5.97 Å². The van der Waals surface area contributed by atoms with Crippen LogP contribution in [0.4, 0.5) is 0 Å². The van der Waals surface area contributed by atoms with Gasteiger partial charge in [0.15, 0.2) is 0 Å². The first kappa shape index (κ1) is 9.48. The van der Waals surface area contributed by atoms with Crippen molar-refractivity contribution in [1.82, 2.24) is 5.32 Å². The zero-order chi connectivity index (χ0) is 8.97. The highest BCUT2D eigenvalue weighted by Gasteiger charge is 2.17. The Kier molecular flexibility index (Phi) is 3.49. The molecule has 12 heavy (non-hydrogen) atoms. The van der Waals surface area contributed by atoms with Gasteiger partial charge in [-0.2, -0.15) is 0 Å². The van der Waals surface area contributed by atoms with Gasteiger partial charge < -0.3 is 15.2 Å². The third-order valence-electron chi connectivity index (χ3n) is 2.00. The van der Waals surface area contributed by atoms with Crippen LogP contribution in [0, 0.1) is 0 Å². The Balaban J connectivity index is 2.30. The second-order valence-corrected chi connectivity index (χ2v) is 3.19. The molecule has 2 unspecified atom stereocenters. The number of carbonyl (C=O) groups is 1.